The standard InChI is InChI=1S/C20H25FO3.C3H8O/c1-3-4-5-15-12-14-8-11-17(18(21)19(14)24-20(15)22)23-16-9-6-13(2)7-10-16;1-3-4-2/h3,8,11,13,15-16H,1,4-7,9-10,12H2,2H3;3H2,1-2H3. The molecular weight excluding hydrogens is 359 g/mol. The molecule has 0 spiro atoms. The molecule has 4 nitrogen and oxygen atoms in total. The molecule has 1 aliphatic carbocycles. The molecule has 0 amide bonds. The van der Waals surface area contributed by atoms with Crippen molar-refractivity contribution >= 4 is 5.97 Å². The maximum atomic E-state index is 14.7. The lowest BCUT2D eigenvalue weighted by Crippen LogP contribution is -2.29. The zero-order valence-corrected chi connectivity index (χ0v) is 17.3. The molecule has 3 rings (SSSR count). The number of fused-ring (bicyclic) bond motifs is 1. The molecule has 2 aliphatic rings. The van der Waals surface area contributed by atoms with Crippen molar-refractivity contribution in [1.82, 2.24) is 0 Å². The number of methoxy groups -OCH3 is 1. The highest BCUT2D eigenvalue weighted by Crippen LogP contribution is 2.38. The molecule has 0 aromatic heterocycles. The zero-order chi connectivity index (χ0) is 20.5. The molecule has 0 radical (unpaired) electrons. The molecule has 1 unspecified atom stereocenters. The molecule has 1 aromatic carbocycles. The highest BCUT2D eigenvalue weighted by atomic mass is 19.1. The fourth-order valence-corrected chi connectivity index (χ4v) is 3.54. The first-order valence-corrected chi connectivity index (χ1v) is 10.3. The molecule has 5 heteroatoms. The second kappa shape index (κ2) is 11.2. The van der Waals surface area contributed by atoms with Gasteiger partial charge >= 0.3 is 5.97 Å². The molecule has 0 saturated heterocycles. The van der Waals surface area contributed by atoms with Gasteiger partial charge in [0.1, 0.15) is 0 Å². The van der Waals surface area contributed by atoms with Crippen LogP contribution in [0.3, 0.4) is 0 Å². The molecule has 0 N–H and O–H groups in total. The van der Waals surface area contributed by atoms with Gasteiger partial charge in [0.15, 0.2) is 11.5 Å². The van der Waals surface area contributed by atoms with Crippen LogP contribution in [0, 0.1) is 17.7 Å². The fraction of sp³-hybridized carbons (Fsp3) is 0.609. The van der Waals surface area contributed by atoms with Gasteiger partial charge in [-0.2, -0.15) is 4.39 Å². The van der Waals surface area contributed by atoms with Crippen molar-refractivity contribution in [3.8, 4) is 11.5 Å². The Morgan fingerprint density at radius 3 is 2.57 bits per heavy atom. The minimum absolute atomic E-state index is 0.0494. The Hall–Kier alpha value is -1.88. The lowest BCUT2D eigenvalue weighted by atomic mass is 9.89. The topological polar surface area (TPSA) is 44.8 Å². The number of allylic oxidation sites excluding steroid dienone is 1. The van der Waals surface area contributed by atoms with Crippen molar-refractivity contribution in [1.29, 1.82) is 0 Å². The average Bonchev–Trinajstić information content (AvgIpc) is 2.71. The van der Waals surface area contributed by atoms with Crippen molar-refractivity contribution in [3.63, 3.8) is 0 Å². The zero-order valence-electron chi connectivity index (χ0n) is 17.3. The van der Waals surface area contributed by atoms with Crippen LogP contribution >= 0.6 is 0 Å². The normalized spacial score (nSPS) is 23.7. The van der Waals surface area contributed by atoms with Crippen LogP contribution in [0.5, 0.6) is 11.5 Å². The number of carbonyl (C=O) groups excluding carboxylic acids is 1. The number of benzene rings is 1. The van der Waals surface area contributed by atoms with Gasteiger partial charge in [0, 0.05) is 13.7 Å². The largest absolute Gasteiger partial charge is 0.487 e. The number of esters is 1. The third-order valence-electron chi connectivity index (χ3n) is 5.41. The van der Waals surface area contributed by atoms with E-state index in [4.69, 9.17) is 9.47 Å². The minimum Gasteiger partial charge on any atom is -0.487 e. The van der Waals surface area contributed by atoms with Crippen LogP contribution in [0.4, 0.5) is 4.39 Å². The maximum absolute atomic E-state index is 14.7. The maximum Gasteiger partial charge on any atom is 0.314 e. The van der Waals surface area contributed by atoms with Gasteiger partial charge in [-0.3, -0.25) is 4.79 Å². The highest BCUT2D eigenvalue weighted by Gasteiger charge is 2.31. The first kappa shape index (κ1) is 22.4. The van der Waals surface area contributed by atoms with Crippen molar-refractivity contribution in [2.24, 2.45) is 11.8 Å². The van der Waals surface area contributed by atoms with Gasteiger partial charge in [-0.15, -0.1) is 6.58 Å². The second-order valence-corrected chi connectivity index (χ2v) is 7.63. The molecule has 1 aromatic rings. The van der Waals surface area contributed by atoms with E-state index in [1.165, 1.54) is 0 Å². The Morgan fingerprint density at radius 1 is 1.29 bits per heavy atom. The summed E-state index contributed by atoms with van der Waals surface area (Å²) in [5.41, 5.74) is 0.741. The molecule has 28 heavy (non-hydrogen) atoms. The summed E-state index contributed by atoms with van der Waals surface area (Å²) in [5.74, 6) is -0.149. The lowest BCUT2D eigenvalue weighted by molar-refractivity contribution is -0.140. The predicted molar refractivity (Wildman–Crippen MR) is 108 cm³/mol. The van der Waals surface area contributed by atoms with Gasteiger partial charge < -0.3 is 14.2 Å². The summed E-state index contributed by atoms with van der Waals surface area (Å²) in [6.45, 7) is 8.68. The Balaban J connectivity index is 0.000000640. The Labute approximate surface area is 168 Å². The van der Waals surface area contributed by atoms with Gasteiger partial charge in [-0.1, -0.05) is 19.1 Å². The van der Waals surface area contributed by atoms with E-state index < -0.39 is 5.82 Å². The van der Waals surface area contributed by atoms with E-state index >= 15 is 0 Å². The number of hydrogen-bond acceptors (Lipinski definition) is 4. The minimum atomic E-state index is -0.540. The van der Waals surface area contributed by atoms with Gasteiger partial charge in [0.05, 0.1) is 12.0 Å². The van der Waals surface area contributed by atoms with Gasteiger partial charge in [0.2, 0.25) is 5.82 Å². The highest BCUT2D eigenvalue weighted by molar-refractivity contribution is 5.78. The fourth-order valence-electron chi connectivity index (χ4n) is 3.54. The molecule has 1 aliphatic heterocycles. The second-order valence-electron chi connectivity index (χ2n) is 7.63. The molecule has 1 heterocycles. The molecule has 0 bridgehead atoms. The van der Waals surface area contributed by atoms with Crippen molar-refractivity contribution in [2.45, 2.75) is 64.9 Å². The van der Waals surface area contributed by atoms with Crippen LogP contribution in [-0.2, 0) is 16.0 Å². The first-order valence-electron chi connectivity index (χ1n) is 10.3. The van der Waals surface area contributed by atoms with Gasteiger partial charge in [-0.05, 0) is 69.4 Å². The smallest absolute Gasteiger partial charge is 0.314 e. The quantitative estimate of drug-likeness (QED) is 0.365. The van der Waals surface area contributed by atoms with Crippen molar-refractivity contribution in [3.05, 3.63) is 36.2 Å². The van der Waals surface area contributed by atoms with E-state index in [0.29, 0.717) is 18.8 Å². The number of halogens is 1. The first-order chi connectivity index (χ1) is 13.5. The molecular formula is C23H33FO4. The van der Waals surface area contributed by atoms with E-state index in [9.17, 15) is 9.18 Å². The Bertz CT molecular complexity index is 648. The third-order valence-corrected chi connectivity index (χ3v) is 5.41. The van der Waals surface area contributed by atoms with Crippen LogP contribution < -0.4 is 9.47 Å². The summed E-state index contributed by atoms with van der Waals surface area (Å²) in [5, 5.41) is 0. The monoisotopic (exact) mass is 392 g/mol. The summed E-state index contributed by atoms with van der Waals surface area (Å²) >= 11 is 0. The number of rotatable bonds is 6. The van der Waals surface area contributed by atoms with E-state index in [1.807, 2.05) is 13.0 Å². The number of ether oxygens (including phenoxy) is 3. The summed E-state index contributed by atoms with van der Waals surface area (Å²) in [6.07, 6.45) is 7.89. The molecule has 156 valence electrons. The van der Waals surface area contributed by atoms with Gasteiger partial charge in [0.25, 0.3) is 0 Å². The summed E-state index contributed by atoms with van der Waals surface area (Å²) < 4.78 is 30.4. The van der Waals surface area contributed by atoms with Crippen molar-refractivity contribution in [2.75, 3.05) is 13.7 Å². The van der Waals surface area contributed by atoms with E-state index in [0.717, 1.165) is 44.3 Å². The van der Waals surface area contributed by atoms with Crippen LogP contribution in [0.15, 0.2) is 24.8 Å². The Kier molecular flexibility index (Phi) is 8.97. The Morgan fingerprint density at radius 2 is 1.96 bits per heavy atom. The van der Waals surface area contributed by atoms with Crippen LogP contribution in [0.1, 0.15) is 57.9 Å². The molecule has 1 fully saturated rings. The van der Waals surface area contributed by atoms with Crippen molar-refractivity contribution < 1.29 is 23.4 Å². The number of carbonyl (C=O) groups is 1. The van der Waals surface area contributed by atoms with Crippen LogP contribution in [-0.4, -0.2) is 25.8 Å². The third kappa shape index (κ3) is 6.06. The summed E-state index contributed by atoms with van der Waals surface area (Å²) in [4.78, 5) is 12.1. The number of hydrogen-bond donors (Lipinski definition) is 0. The van der Waals surface area contributed by atoms with Crippen LogP contribution in [0.25, 0.3) is 0 Å². The molecule has 1 atom stereocenters. The molecule has 1 saturated carbocycles. The summed E-state index contributed by atoms with van der Waals surface area (Å²) in [6, 6.07) is 3.50. The van der Waals surface area contributed by atoms with Gasteiger partial charge in [-0.25, -0.2) is 0 Å². The lowest BCUT2D eigenvalue weighted by Gasteiger charge is -2.28. The average molecular weight is 393 g/mol. The summed E-state index contributed by atoms with van der Waals surface area (Å²) in [7, 11) is 1.68. The van der Waals surface area contributed by atoms with E-state index in [-0.39, 0.29) is 29.5 Å². The SMILES string of the molecule is C=CCCC1Cc2ccc(OC3CCC(C)CC3)c(F)c2OC1=O.CCOC. The van der Waals surface area contributed by atoms with E-state index in [1.54, 1.807) is 19.3 Å². The predicted octanol–water partition coefficient (Wildman–Crippen LogP) is 5.48. The van der Waals surface area contributed by atoms with E-state index in [2.05, 4.69) is 18.2 Å². The van der Waals surface area contributed by atoms with Crippen LogP contribution in [0.2, 0.25) is 0 Å².